The Hall–Kier alpha value is -3.20. The molecule has 1 aliphatic rings. The maximum atomic E-state index is 11.9. The Kier molecular flexibility index (Phi) is 3.05. The van der Waals surface area contributed by atoms with Crippen LogP contribution in [-0.4, -0.2) is 38.8 Å². The van der Waals surface area contributed by atoms with E-state index in [0.29, 0.717) is 13.1 Å². The molecule has 4 heterocycles. The summed E-state index contributed by atoms with van der Waals surface area (Å²) >= 11 is 0. The van der Waals surface area contributed by atoms with E-state index in [2.05, 4.69) is 15.0 Å². The van der Waals surface area contributed by atoms with Crippen LogP contribution < -0.4 is 0 Å². The molecule has 6 nitrogen and oxygen atoms in total. The summed E-state index contributed by atoms with van der Waals surface area (Å²) in [5.74, 6) is -0.146. The lowest BCUT2D eigenvalue weighted by molar-refractivity contribution is -0.128. The Morgan fingerprint density at radius 2 is 2.30 bits per heavy atom. The third-order valence-electron chi connectivity index (χ3n) is 4.12. The van der Waals surface area contributed by atoms with Crippen LogP contribution in [0.3, 0.4) is 0 Å². The molecule has 0 unspecified atom stereocenters. The van der Waals surface area contributed by atoms with Gasteiger partial charge in [0.2, 0.25) is 5.91 Å². The number of carbonyl (C=O) groups is 1. The number of hydrogen-bond acceptors (Lipinski definition) is 4. The topological polar surface area (TPSA) is 85.7 Å². The second-order valence-electron chi connectivity index (χ2n) is 5.46. The standard InChI is InChI=1S/C17H13N5O/c18-5-1-14(23)22-8-4-12(10-22)16-15-11(2-6-19-16)9-21-17-13(15)3-7-20-17/h2-4,6-7,9H,1,8,10H2,(H,20,21). The molecule has 1 aliphatic heterocycles. The molecule has 0 atom stereocenters. The second kappa shape index (κ2) is 5.21. The predicted molar refractivity (Wildman–Crippen MR) is 86.2 cm³/mol. The van der Waals surface area contributed by atoms with Crippen LogP contribution in [0.4, 0.5) is 0 Å². The van der Waals surface area contributed by atoms with Crippen molar-refractivity contribution in [3.63, 3.8) is 0 Å². The van der Waals surface area contributed by atoms with Gasteiger partial charge in [-0.3, -0.25) is 9.78 Å². The zero-order valence-corrected chi connectivity index (χ0v) is 12.3. The second-order valence-corrected chi connectivity index (χ2v) is 5.46. The summed E-state index contributed by atoms with van der Waals surface area (Å²) < 4.78 is 0. The van der Waals surface area contributed by atoms with Crippen LogP contribution in [0.15, 0.2) is 36.8 Å². The van der Waals surface area contributed by atoms with Gasteiger partial charge in [0.05, 0.1) is 11.8 Å². The molecular weight excluding hydrogens is 290 g/mol. The molecule has 6 heteroatoms. The molecule has 0 fully saturated rings. The van der Waals surface area contributed by atoms with Gasteiger partial charge in [0, 0.05) is 47.8 Å². The summed E-state index contributed by atoms with van der Waals surface area (Å²) in [6, 6.07) is 5.83. The number of aromatic amines is 1. The first-order valence-corrected chi connectivity index (χ1v) is 7.33. The van der Waals surface area contributed by atoms with E-state index < -0.39 is 0 Å². The number of aromatic nitrogens is 3. The number of nitriles is 1. The van der Waals surface area contributed by atoms with Gasteiger partial charge < -0.3 is 9.88 Å². The zero-order valence-electron chi connectivity index (χ0n) is 12.3. The lowest BCUT2D eigenvalue weighted by Gasteiger charge is -2.15. The van der Waals surface area contributed by atoms with Crippen LogP contribution in [0.1, 0.15) is 12.1 Å². The van der Waals surface area contributed by atoms with E-state index in [0.717, 1.165) is 33.1 Å². The minimum Gasteiger partial charge on any atom is -0.346 e. The van der Waals surface area contributed by atoms with E-state index in [4.69, 9.17) is 5.26 Å². The van der Waals surface area contributed by atoms with E-state index in [1.165, 1.54) is 0 Å². The fourth-order valence-corrected chi connectivity index (χ4v) is 3.01. The minimum absolute atomic E-state index is 0.0872. The van der Waals surface area contributed by atoms with Gasteiger partial charge in [0.1, 0.15) is 12.1 Å². The number of H-pyrrole nitrogens is 1. The van der Waals surface area contributed by atoms with Gasteiger partial charge in [0.25, 0.3) is 0 Å². The highest BCUT2D eigenvalue weighted by Gasteiger charge is 2.22. The fraction of sp³-hybridized carbons (Fsp3) is 0.176. The normalized spacial score (nSPS) is 14.2. The first-order valence-electron chi connectivity index (χ1n) is 7.33. The van der Waals surface area contributed by atoms with E-state index >= 15 is 0 Å². The van der Waals surface area contributed by atoms with E-state index in [9.17, 15) is 4.79 Å². The minimum atomic E-state index is -0.146. The number of nitrogens with one attached hydrogen (secondary N) is 1. The Bertz CT molecular complexity index is 995. The predicted octanol–water partition coefficient (Wildman–Crippen LogP) is 2.25. The lowest BCUT2D eigenvalue weighted by Crippen LogP contribution is -2.28. The lowest BCUT2D eigenvalue weighted by atomic mass is 10.0. The van der Waals surface area contributed by atoms with Gasteiger partial charge in [0.15, 0.2) is 0 Å². The number of amides is 1. The molecule has 0 aromatic carbocycles. The van der Waals surface area contributed by atoms with Gasteiger partial charge in [-0.05, 0) is 17.7 Å². The molecule has 4 rings (SSSR count). The summed E-state index contributed by atoms with van der Waals surface area (Å²) in [7, 11) is 0. The first-order chi connectivity index (χ1) is 11.3. The SMILES string of the molecule is N#CCC(=O)N1CC=C(c2nccc3cnc4[nH]ccc4c23)C1. The first kappa shape index (κ1) is 13.5. The van der Waals surface area contributed by atoms with Gasteiger partial charge in [-0.25, -0.2) is 4.98 Å². The Labute approximate surface area is 132 Å². The van der Waals surface area contributed by atoms with Crippen molar-refractivity contribution in [1.29, 1.82) is 5.26 Å². The molecule has 1 amide bonds. The maximum Gasteiger partial charge on any atom is 0.237 e. The molecule has 0 saturated carbocycles. The highest BCUT2D eigenvalue weighted by Crippen LogP contribution is 2.31. The molecule has 3 aromatic heterocycles. The third kappa shape index (κ3) is 2.14. The van der Waals surface area contributed by atoms with Crippen LogP contribution in [0.25, 0.3) is 27.4 Å². The van der Waals surface area contributed by atoms with Crippen molar-refractivity contribution in [2.45, 2.75) is 6.42 Å². The molecule has 0 radical (unpaired) electrons. The average Bonchev–Trinajstić information content (AvgIpc) is 3.23. The summed E-state index contributed by atoms with van der Waals surface area (Å²) in [6.45, 7) is 1.01. The number of carbonyl (C=O) groups excluding carboxylic acids is 1. The maximum absolute atomic E-state index is 11.9. The van der Waals surface area contributed by atoms with E-state index in [1.54, 1.807) is 11.1 Å². The summed E-state index contributed by atoms with van der Waals surface area (Å²) in [5, 5.41) is 11.8. The van der Waals surface area contributed by atoms with Gasteiger partial charge in [-0.1, -0.05) is 6.08 Å². The molecule has 0 spiro atoms. The van der Waals surface area contributed by atoms with Crippen LogP contribution in [0.5, 0.6) is 0 Å². The van der Waals surface area contributed by atoms with Crippen molar-refractivity contribution in [2.24, 2.45) is 0 Å². The van der Waals surface area contributed by atoms with Crippen molar-refractivity contribution in [1.82, 2.24) is 19.9 Å². The average molecular weight is 303 g/mol. The summed E-state index contributed by atoms with van der Waals surface area (Å²) in [4.78, 5) is 25.6. The third-order valence-corrected chi connectivity index (χ3v) is 4.12. The Morgan fingerprint density at radius 1 is 1.39 bits per heavy atom. The number of fused-ring (bicyclic) bond motifs is 3. The van der Waals surface area contributed by atoms with Gasteiger partial charge in [-0.2, -0.15) is 5.26 Å². The van der Waals surface area contributed by atoms with Crippen molar-refractivity contribution in [2.75, 3.05) is 13.1 Å². The van der Waals surface area contributed by atoms with Crippen LogP contribution in [-0.2, 0) is 4.79 Å². The number of hydrogen-bond donors (Lipinski definition) is 1. The van der Waals surface area contributed by atoms with E-state index in [1.807, 2.05) is 36.7 Å². The zero-order chi connectivity index (χ0) is 15.8. The van der Waals surface area contributed by atoms with Crippen molar-refractivity contribution < 1.29 is 4.79 Å². The number of pyridine rings is 2. The number of rotatable bonds is 2. The quantitative estimate of drug-likeness (QED) is 0.786. The highest BCUT2D eigenvalue weighted by molar-refractivity contribution is 6.09. The Balaban J connectivity index is 1.80. The molecule has 0 aliphatic carbocycles. The molecule has 3 aromatic rings. The molecule has 1 N–H and O–H groups in total. The molecular formula is C17H13N5O. The van der Waals surface area contributed by atoms with Crippen molar-refractivity contribution in [3.8, 4) is 6.07 Å². The van der Waals surface area contributed by atoms with Crippen molar-refractivity contribution in [3.05, 3.63) is 42.5 Å². The molecule has 23 heavy (non-hydrogen) atoms. The fourth-order valence-electron chi connectivity index (χ4n) is 3.01. The van der Waals surface area contributed by atoms with E-state index in [-0.39, 0.29) is 12.3 Å². The van der Waals surface area contributed by atoms with Crippen LogP contribution in [0, 0.1) is 11.3 Å². The van der Waals surface area contributed by atoms with Crippen molar-refractivity contribution >= 4 is 33.3 Å². The smallest absolute Gasteiger partial charge is 0.237 e. The Morgan fingerprint density at radius 3 is 3.17 bits per heavy atom. The molecule has 0 saturated heterocycles. The molecule has 0 bridgehead atoms. The van der Waals surface area contributed by atoms with Crippen LogP contribution in [0.2, 0.25) is 0 Å². The summed E-state index contributed by atoms with van der Waals surface area (Å²) in [5.41, 5.74) is 2.71. The number of nitrogens with zero attached hydrogens (tertiary/aromatic N) is 4. The monoisotopic (exact) mass is 303 g/mol. The van der Waals surface area contributed by atoms with Crippen LogP contribution >= 0.6 is 0 Å². The summed E-state index contributed by atoms with van der Waals surface area (Å²) in [6.07, 6.45) is 7.37. The van der Waals surface area contributed by atoms with Gasteiger partial charge in [-0.15, -0.1) is 0 Å². The van der Waals surface area contributed by atoms with Gasteiger partial charge >= 0.3 is 0 Å². The highest BCUT2D eigenvalue weighted by atomic mass is 16.2. The largest absolute Gasteiger partial charge is 0.346 e. The molecule has 112 valence electrons.